The zero-order valence-corrected chi connectivity index (χ0v) is 12.2. The number of nitrogens with one attached hydrogen (secondary N) is 1. The van der Waals surface area contributed by atoms with Crippen LogP contribution in [0.5, 0.6) is 0 Å². The summed E-state index contributed by atoms with van der Waals surface area (Å²) in [6.45, 7) is 2.01. The Morgan fingerprint density at radius 1 is 1.09 bits per heavy atom. The number of carboxylic acid groups (broad SMARTS) is 1. The van der Waals surface area contributed by atoms with Crippen LogP contribution in [0.4, 0.5) is 10.5 Å². The number of benzene rings is 2. The lowest BCUT2D eigenvalue weighted by molar-refractivity contribution is -0.136. The Morgan fingerprint density at radius 3 is 2.50 bits per heavy atom. The van der Waals surface area contributed by atoms with Crippen molar-refractivity contribution in [3.05, 3.63) is 65.2 Å². The lowest BCUT2D eigenvalue weighted by Crippen LogP contribution is -2.14. The summed E-state index contributed by atoms with van der Waals surface area (Å²) < 4.78 is 5.14. The number of amides is 1. The average Bonchev–Trinajstić information content (AvgIpc) is 2.49. The van der Waals surface area contributed by atoms with Crippen molar-refractivity contribution in [2.75, 3.05) is 5.32 Å². The molecule has 0 aromatic heterocycles. The van der Waals surface area contributed by atoms with Crippen LogP contribution in [0.15, 0.2) is 48.5 Å². The van der Waals surface area contributed by atoms with Crippen molar-refractivity contribution in [1.29, 1.82) is 0 Å². The van der Waals surface area contributed by atoms with Crippen molar-refractivity contribution in [2.24, 2.45) is 0 Å². The second-order valence-electron chi connectivity index (χ2n) is 4.91. The Kier molecular flexibility index (Phi) is 5.14. The molecule has 2 N–H and O–H groups in total. The van der Waals surface area contributed by atoms with E-state index >= 15 is 0 Å². The maximum atomic E-state index is 11.8. The molecule has 2 aromatic rings. The highest BCUT2D eigenvalue weighted by atomic mass is 16.5. The smallest absolute Gasteiger partial charge is 0.411 e. The van der Waals surface area contributed by atoms with E-state index in [2.05, 4.69) is 5.32 Å². The van der Waals surface area contributed by atoms with Gasteiger partial charge in [-0.05, 0) is 29.7 Å². The molecule has 0 fully saturated rings. The van der Waals surface area contributed by atoms with Gasteiger partial charge in [-0.3, -0.25) is 10.1 Å². The fourth-order valence-electron chi connectivity index (χ4n) is 1.96. The minimum Gasteiger partial charge on any atom is -0.481 e. The quantitative estimate of drug-likeness (QED) is 0.887. The zero-order valence-electron chi connectivity index (χ0n) is 12.2. The zero-order chi connectivity index (χ0) is 15.9. The first-order chi connectivity index (χ1) is 10.5. The summed E-state index contributed by atoms with van der Waals surface area (Å²) in [6.07, 6.45) is -0.659. The predicted octanol–water partition coefficient (Wildman–Crippen LogP) is 3.37. The number of aliphatic carboxylic acids is 1. The number of hydrogen-bond donors (Lipinski definition) is 2. The summed E-state index contributed by atoms with van der Waals surface area (Å²) in [6, 6.07) is 14.5. The van der Waals surface area contributed by atoms with Gasteiger partial charge >= 0.3 is 12.1 Å². The van der Waals surface area contributed by atoms with Gasteiger partial charge in [0.2, 0.25) is 0 Å². The van der Waals surface area contributed by atoms with E-state index < -0.39 is 12.1 Å². The lowest BCUT2D eigenvalue weighted by atomic mass is 10.1. The highest BCUT2D eigenvalue weighted by Crippen LogP contribution is 2.18. The molecule has 2 aromatic carbocycles. The Labute approximate surface area is 128 Å². The largest absolute Gasteiger partial charge is 0.481 e. The Morgan fingerprint density at radius 2 is 1.82 bits per heavy atom. The molecule has 0 aliphatic carbocycles. The van der Waals surface area contributed by atoms with Gasteiger partial charge in [-0.1, -0.05) is 42.5 Å². The highest BCUT2D eigenvalue weighted by molar-refractivity contribution is 5.86. The standard InChI is InChI=1S/C17H17NO4/c1-12-7-8-14(10-16(19)20)9-15(12)18-17(21)22-11-13-5-3-2-4-6-13/h2-9H,10-11H2,1H3,(H,18,21)(H,19,20). The van der Waals surface area contributed by atoms with Crippen molar-refractivity contribution < 1.29 is 19.4 Å². The molecule has 1 amide bonds. The maximum Gasteiger partial charge on any atom is 0.411 e. The number of ether oxygens (including phenoxy) is 1. The molecule has 0 aliphatic heterocycles. The molecule has 0 saturated carbocycles. The number of carbonyl (C=O) groups excluding carboxylic acids is 1. The molecular formula is C17H17NO4. The Bertz CT molecular complexity index is 668. The number of carbonyl (C=O) groups is 2. The minimum absolute atomic E-state index is 0.0893. The number of carboxylic acids is 1. The lowest BCUT2D eigenvalue weighted by Gasteiger charge is -2.10. The van der Waals surface area contributed by atoms with E-state index in [4.69, 9.17) is 9.84 Å². The molecular weight excluding hydrogens is 282 g/mol. The fraction of sp³-hybridized carbons (Fsp3) is 0.176. The van der Waals surface area contributed by atoms with Crippen LogP contribution in [-0.4, -0.2) is 17.2 Å². The summed E-state index contributed by atoms with van der Waals surface area (Å²) in [7, 11) is 0. The summed E-state index contributed by atoms with van der Waals surface area (Å²) in [5.41, 5.74) is 2.91. The van der Waals surface area contributed by atoms with E-state index in [-0.39, 0.29) is 13.0 Å². The van der Waals surface area contributed by atoms with E-state index in [0.29, 0.717) is 11.3 Å². The van der Waals surface area contributed by atoms with Crippen molar-refractivity contribution in [1.82, 2.24) is 0 Å². The Hall–Kier alpha value is -2.82. The summed E-state index contributed by atoms with van der Waals surface area (Å²) >= 11 is 0. The van der Waals surface area contributed by atoms with Gasteiger partial charge in [0.15, 0.2) is 0 Å². The monoisotopic (exact) mass is 299 g/mol. The van der Waals surface area contributed by atoms with Gasteiger partial charge in [0.25, 0.3) is 0 Å². The third-order valence-corrected chi connectivity index (χ3v) is 3.11. The van der Waals surface area contributed by atoms with Crippen LogP contribution < -0.4 is 5.32 Å². The molecule has 114 valence electrons. The molecule has 5 heteroatoms. The summed E-state index contributed by atoms with van der Waals surface area (Å²) in [5, 5.41) is 11.4. The van der Waals surface area contributed by atoms with E-state index in [0.717, 1.165) is 11.1 Å². The van der Waals surface area contributed by atoms with E-state index in [9.17, 15) is 9.59 Å². The molecule has 5 nitrogen and oxygen atoms in total. The van der Waals surface area contributed by atoms with Gasteiger partial charge < -0.3 is 9.84 Å². The van der Waals surface area contributed by atoms with Crippen molar-refractivity contribution in [3.63, 3.8) is 0 Å². The van der Waals surface area contributed by atoms with Crippen LogP contribution in [0.25, 0.3) is 0 Å². The van der Waals surface area contributed by atoms with Gasteiger partial charge in [0, 0.05) is 5.69 Å². The van der Waals surface area contributed by atoms with Crippen LogP contribution in [0.3, 0.4) is 0 Å². The first kappa shape index (κ1) is 15.6. The van der Waals surface area contributed by atoms with E-state index in [1.165, 1.54) is 0 Å². The number of aryl methyl sites for hydroxylation is 1. The summed E-state index contributed by atoms with van der Waals surface area (Å²) in [4.78, 5) is 22.6. The molecule has 22 heavy (non-hydrogen) atoms. The van der Waals surface area contributed by atoms with Gasteiger partial charge in [0.05, 0.1) is 6.42 Å². The van der Waals surface area contributed by atoms with Crippen molar-refractivity contribution >= 4 is 17.7 Å². The maximum absolute atomic E-state index is 11.8. The average molecular weight is 299 g/mol. The number of hydrogen-bond acceptors (Lipinski definition) is 3. The van der Waals surface area contributed by atoms with Gasteiger partial charge in [0.1, 0.15) is 6.61 Å². The number of rotatable bonds is 5. The van der Waals surface area contributed by atoms with E-state index in [1.54, 1.807) is 18.2 Å². The molecule has 0 heterocycles. The van der Waals surface area contributed by atoms with Crippen LogP contribution in [0.1, 0.15) is 16.7 Å². The highest BCUT2D eigenvalue weighted by Gasteiger charge is 2.08. The Balaban J connectivity index is 1.97. The first-order valence-electron chi connectivity index (χ1n) is 6.83. The molecule has 0 atom stereocenters. The molecule has 0 radical (unpaired) electrons. The molecule has 0 aliphatic rings. The van der Waals surface area contributed by atoms with Crippen LogP contribution in [0, 0.1) is 6.92 Å². The normalized spacial score (nSPS) is 10.0. The molecule has 0 saturated heterocycles. The molecule has 2 rings (SSSR count). The predicted molar refractivity (Wildman–Crippen MR) is 82.8 cm³/mol. The van der Waals surface area contributed by atoms with Crippen LogP contribution >= 0.6 is 0 Å². The van der Waals surface area contributed by atoms with Gasteiger partial charge in [-0.2, -0.15) is 0 Å². The topological polar surface area (TPSA) is 75.6 Å². The third-order valence-electron chi connectivity index (χ3n) is 3.11. The van der Waals surface area contributed by atoms with E-state index in [1.807, 2.05) is 37.3 Å². The number of anilines is 1. The first-order valence-corrected chi connectivity index (χ1v) is 6.83. The molecule has 0 bridgehead atoms. The second-order valence-corrected chi connectivity index (χ2v) is 4.91. The fourth-order valence-corrected chi connectivity index (χ4v) is 1.96. The van der Waals surface area contributed by atoms with Gasteiger partial charge in [-0.25, -0.2) is 4.79 Å². The second kappa shape index (κ2) is 7.26. The van der Waals surface area contributed by atoms with Crippen molar-refractivity contribution in [2.45, 2.75) is 20.0 Å². The van der Waals surface area contributed by atoms with Crippen molar-refractivity contribution in [3.8, 4) is 0 Å². The van der Waals surface area contributed by atoms with Crippen LogP contribution in [0.2, 0.25) is 0 Å². The molecule has 0 spiro atoms. The molecule has 0 unspecified atom stereocenters. The summed E-state index contributed by atoms with van der Waals surface area (Å²) in [5.74, 6) is -0.915. The third kappa shape index (κ3) is 4.63. The SMILES string of the molecule is Cc1ccc(CC(=O)O)cc1NC(=O)OCc1ccccc1. The van der Waals surface area contributed by atoms with Gasteiger partial charge in [-0.15, -0.1) is 0 Å². The minimum atomic E-state index is -0.915. The van der Waals surface area contributed by atoms with Crippen LogP contribution in [-0.2, 0) is 22.6 Å².